The predicted molar refractivity (Wildman–Crippen MR) is 89.9 cm³/mol. The second kappa shape index (κ2) is 6.28. The molecule has 0 radical (unpaired) electrons. The normalized spacial score (nSPS) is 11.7. The molecule has 0 atom stereocenters. The average Bonchev–Trinajstić information content (AvgIpc) is 2.47. The van der Waals surface area contributed by atoms with Gasteiger partial charge in [0, 0.05) is 16.6 Å². The molecule has 0 spiro atoms. The highest BCUT2D eigenvalue weighted by atomic mass is 35.5. The molecular formula is C15H16Cl2N2O3. The van der Waals surface area contributed by atoms with Gasteiger partial charge in [0.15, 0.2) is 0 Å². The van der Waals surface area contributed by atoms with Crippen molar-refractivity contribution in [2.45, 2.75) is 25.9 Å². The second-order valence-electron chi connectivity index (χ2n) is 5.66. The van der Waals surface area contributed by atoms with Crippen molar-refractivity contribution >= 4 is 34.6 Å². The van der Waals surface area contributed by atoms with E-state index in [2.05, 4.69) is 10.6 Å². The Morgan fingerprint density at radius 2 is 1.77 bits per heavy atom. The first kappa shape index (κ1) is 16.8. The molecule has 3 N–H and O–H groups in total. The van der Waals surface area contributed by atoms with Crippen molar-refractivity contribution < 1.29 is 5.11 Å². The Labute approximate surface area is 137 Å². The zero-order chi connectivity index (χ0) is 16.5. The van der Waals surface area contributed by atoms with E-state index in [-0.39, 0.29) is 24.5 Å². The van der Waals surface area contributed by atoms with Crippen LogP contribution in [0.5, 0.6) is 0 Å². The molecule has 0 aliphatic rings. The first-order valence-corrected chi connectivity index (χ1v) is 7.41. The van der Waals surface area contributed by atoms with Crippen LogP contribution in [0.3, 0.4) is 0 Å². The van der Waals surface area contributed by atoms with Crippen molar-refractivity contribution in [1.29, 1.82) is 0 Å². The molecule has 7 heteroatoms. The summed E-state index contributed by atoms with van der Waals surface area (Å²) in [4.78, 5) is 23.3. The molecule has 0 aromatic heterocycles. The van der Waals surface area contributed by atoms with Crippen LogP contribution < -0.4 is 21.5 Å². The second-order valence-corrected chi connectivity index (χ2v) is 6.51. The van der Waals surface area contributed by atoms with Gasteiger partial charge in [-0.15, -0.1) is 0 Å². The predicted octanol–water partition coefficient (Wildman–Crippen LogP) is 2.38. The zero-order valence-corrected chi connectivity index (χ0v) is 13.7. The molecule has 2 rings (SSSR count). The number of nitrogens with one attached hydrogen (secondary N) is 2. The number of aliphatic hydroxyl groups is 1. The summed E-state index contributed by atoms with van der Waals surface area (Å²) in [7, 11) is 0. The Morgan fingerprint density at radius 1 is 1.14 bits per heavy atom. The number of anilines is 2. The van der Waals surface area contributed by atoms with Crippen LogP contribution in [0.2, 0.25) is 10.0 Å². The Kier molecular flexibility index (Phi) is 4.80. The molecule has 0 bridgehead atoms. The zero-order valence-electron chi connectivity index (χ0n) is 12.2. The molecule has 0 aliphatic carbocycles. The van der Waals surface area contributed by atoms with Gasteiger partial charge in [-0.05, 0) is 31.5 Å². The van der Waals surface area contributed by atoms with E-state index in [1.54, 1.807) is 32.0 Å². The van der Waals surface area contributed by atoms with Gasteiger partial charge in [-0.2, -0.15) is 0 Å². The highest BCUT2D eigenvalue weighted by Gasteiger charge is 2.26. The van der Waals surface area contributed by atoms with Gasteiger partial charge >= 0.3 is 0 Å². The van der Waals surface area contributed by atoms with E-state index in [0.717, 1.165) is 5.56 Å². The molecular weight excluding hydrogens is 327 g/mol. The number of aliphatic hydroxyl groups excluding tert-OH is 1. The maximum absolute atomic E-state index is 11.7. The van der Waals surface area contributed by atoms with Gasteiger partial charge in [-0.3, -0.25) is 9.59 Å². The molecule has 2 aromatic rings. The minimum Gasteiger partial charge on any atom is -0.394 e. The fourth-order valence-electron chi connectivity index (χ4n) is 1.91. The molecule has 118 valence electrons. The van der Waals surface area contributed by atoms with Gasteiger partial charge in [-0.1, -0.05) is 29.3 Å². The maximum atomic E-state index is 11.7. The summed E-state index contributed by atoms with van der Waals surface area (Å²) in [5, 5.41) is 16.0. The molecule has 0 fully saturated rings. The summed E-state index contributed by atoms with van der Waals surface area (Å²) in [6.45, 7) is 3.57. The lowest BCUT2D eigenvalue weighted by atomic mass is 10.0. The van der Waals surface area contributed by atoms with Crippen LogP contribution in [0, 0.1) is 0 Å². The molecule has 2 aromatic carbocycles. The van der Waals surface area contributed by atoms with Crippen LogP contribution in [-0.4, -0.2) is 17.3 Å². The molecule has 0 amide bonds. The Balaban J connectivity index is 2.16. The first-order chi connectivity index (χ1) is 10.2. The van der Waals surface area contributed by atoms with E-state index in [1.165, 1.54) is 0 Å². The lowest BCUT2D eigenvalue weighted by Gasteiger charge is -2.27. The minimum atomic E-state index is -0.698. The van der Waals surface area contributed by atoms with Gasteiger partial charge in [0.05, 0.1) is 12.1 Å². The van der Waals surface area contributed by atoms with E-state index in [0.29, 0.717) is 10.0 Å². The lowest BCUT2D eigenvalue weighted by Crippen LogP contribution is -2.44. The first-order valence-electron chi connectivity index (χ1n) is 6.65. The molecule has 0 unspecified atom stereocenters. The lowest BCUT2D eigenvalue weighted by molar-refractivity contribution is 0.234. The maximum Gasteiger partial charge on any atom is 0.253 e. The Morgan fingerprint density at radius 3 is 2.36 bits per heavy atom. The average molecular weight is 343 g/mol. The fraction of sp³-hybridized carbons (Fsp3) is 0.333. The van der Waals surface area contributed by atoms with Crippen LogP contribution in [0.1, 0.15) is 19.4 Å². The molecule has 0 saturated heterocycles. The van der Waals surface area contributed by atoms with E-state index in [1.807, 2.05) is 0 Å². The quantitative estimate of drug-likeness (QED) is 0.702. The van der Waals surface area contributed by atoms with Crippen molar-refractivity contribution in [2.24, 2.45) is 0 Å². The third-order valence-electron chi connectivity index (χ3n) is 3.24. The van der Waals surface area contributed by atoms with Crippen molar-refractivity contribution in [2.75, 3.05) is 17.2 Å². The van der Waals surface area contributed by atoms with Gasteiger partial charge in [0.1, 0.15) is 11.4 Å². The number of hydrogen-bond acceptors (Lipinski definition) is 5. The van der Waals surface area contributed by atoms with Crippen LogP contribution in [-0.2, 0) is 6.54 Å². The van der Waals surface area contributed by atoms with Crippen LogP contribution >= 0.6 is 23.2 Å². The number of rotatable bonds is 6. The highest BCUT2D eigenvalue weighted by Crippen LogP contribution is 2.24. The van der Waals surface area contributed by atoms with Gasteiger partial charge in [0.2, 0.25) is 0 Å². The molecule has 0 aliphatic heterocycles. The van der Waals surface area contributed by atoms with Crippen LogP contribution in [0.15, 0.2) is 27.8 Å². The van der Waals surface area contributed by atoms with E-state index < -0.39 is 16.4 Å². The van der Waals surface area contributed by atoms with E-state index in [4.69, 9.17) is 23.2 Å². The SMILES string of the molecule is CC(C)(CO)Nc1c(NCc2ccc(Cl)cc2Cl)c(=O)c1=O. The highest BCUT2D eigenvalue weighted by molar-refractivity contribution is 6.35. The Hall–Kier alpha value is -1.56. The molecule has 5 nitrogen and oxygen atoms in total. The molecule has 22 heavy (non-hydrogen) atoms. The Bertz CT molecular complexity index is 765. The topological polar surface area (TPSA) is 78.4 Å². The van der Waals surface area contributed by atoms with E-state index >= 15 is 0 Å². The smallest absolute Gasteiger partial charge is 0.253 e. The number of benzene rings is 1. The minimum absolute atomic E-state index is 0.172. The van der Waals surface area contributed by atoms with Gasteiger partial charge in [0.25, 0.3) is 10.9 Å². The fourth-order valence-corrected chi connectivity index (χ4v) is 2.38. The van der Waals surface area contributed by atoms with Crippen molar-refractivity contribution in [3.05, 3.63) is 54.3 Å². The summed E-state index contributed by atoms with van der Waals surface area (Å²) >= 11 is 11.9. The van der Waals surface area contributed by atoms with Gasteiger partial charge < -0.3 is 15.7 Å². The standard InChI is InChI=1S/C15H16Cl2N2O3/c1-15(2,7-20)19-12-11(13(21)14(12)22)18-6-8-3-4-9(16)5-10(8)17/h3-5,18-20H,6-7H2,1-2H3. The van der Waals surface area contributed by atoms with Crippen LogP contribution in [0.25, 0.3) is 0 Å². The van der Waals surface area contributed by atoms with Crippen LogP contribution in [0.4, 0.5) is 11.4 Å². The number of hydrogen-bond donors (Lipinski definition) is 3. The molecule has 0 heterocycles. The third kappa shape index (κ3) is 3.43. The summed E-state index contributed by atoms with van der Waals surface area (Å²) in [6, 6.07) is 5.05. The summed E-state index contributed by atoms with van der Waals surface area (Å²) in [5.41, 5.74) is -0.720. The summed E-state index contributed by atoms with van der Waals surface area (Å²) < 4.78 is 0. The van der Waals surface area contributed by atoms with Crippen molar-refractivity contribution in [3.8, 4) is 0 Å². The molecule has 0 saturated carbocycles. The van der Waals surface area contributed by atoms with Gasteiger partial charge in [-0.25, -0.2) is 0 Å². The van der Waals surface area contributed by atoms with E-state index in [9.17, 15) is 14.7 Å². The summed E-state index contributed by atoms with van der Waals surface area (Å²) in [5.74, 6) is 0. The monoisotopic (exact) mass is 342 g/mol. The number of halogens is 2. The summed E-state index contributed by atoms with van der Waals surface area (Å²) in [6.07, 6.45) is 0. The van der Waals surface area contributed by atoms with Crippen molar-refractivity contribution in [3.63, 3.8) is 0 Å². The largest absolute Gasteiger partial charge is 0.394 e. The van der Waals surface area contributed by atoms with Crippen molar-refractivity contribution in [1.82, 2.24) is 0 Å². The third-order valence-corrected chi connectivity index (χ3v) is 3.83.